The molecule has 4 fully saturated rings. The Labute approximate surface area is 435 Å². The molecule has 2 aromatic rings. The number of ether oxygens (including phenoxy) is 2. The Hall–Kier alpha value is -5.32. The highest BCUT2D eigenvalue weighted by Crippen LogP contribution is 2.23. The maximum atomic E-state index is 13.1. The predicted molar refractivity (Wildman–Crippen MR) is 283 cm³/mol. The van der Waals surface area contributed by atoms with Crippen LogP contribution in [0.5, 0.6) is 11.5 Å². The van der Waals surface area contributed by atoms with Gasteiger partial charge in [0, 0.05) is 77.5 Å². The first-order valence-corrected chi connectivity index (χ1v) is 29.7. The molecule has 412 valence electrons. The molecule has 22 heteroatoms. The molecule has 0 saturated carbocycles. The van der Waals surface area contributed by atoms with Crippen LogP contribution in [0.2, 0.25) is 0 Å². The smallest absolute Gasteiger partial charge is 0.410 e. The van der Waals surface area contributed by atoms with Crippen LogP contribution in [-0.2, 0) is 52.1 Å². The number of hydrogen-bond acceptors (Lipinski definition) is 12. The molecule has 4 heterocycles. The number of carbonyl (C=O) groups excluding carboxylic acids is 6. The summed E-state index contributed by atoms with van der Waals surface area (Å²) in [4.78, 5) is 83.7. The number of benzene rings is 2. The molecule has 20 nitrogen and oxygen atoms in total. The van der Waals surface area contributed by atoms with E-state index in [0.29, 0.717) is 63.1 Å². The molecular weight excluding hydrogens is 981 g/mol. The molecule has 4 aliphatic heterocycles. The normalized spacial score (nSPS) is 18.8. The van der Waals surface area contributed by atoms with Crippen LogP contribution in [-0.4, -0.2) is 183 Å². The summed E-state index contributed by atoms with van der Waals surface area (Å²) in [5.74, 6) is -0.689. The summed E-state index contributed by atoms with van der Waals surface area (Å²) in [6.45, 7) is 22.2. The van der Waals surface area contributed by atoms with Crippen molar-refractivity contribution in [2.45, 2.75) is 138 Å². The van der Waals surface area contributed by atoms with Crippen molar-refractivity contribution in [1.82, 2.24) is 38.8 Å². The number of amides is 6. The van der Waals surface area contributed by atoms with Crippen molar-refractivity contribution in [2.75, 3.05) is 78.0 Å². The molecule has 0 spiro atoms. The van der Waals surface area contributed by atoms with Crippen molar-refractivity contribution in [3.8, 4) is 11.5 Å². The summed E-state index contributed by atoms with van der Waals surface area (Å²) >= 11 is 0. The number of carbonyl (C=O) groups is 6. The lowest BCUT2D eigenvalue weighted by atomic mass is 10.1. The number of nitrogens with zero attached hydrogens (tertiary/aromatic N) is 6. The van der Waals surface area contributed by atoms with Gasteiger partial charge in [-0.2, -0.15) is 8.61 Å². The van der Waals surface area contributed by atoms with E-state index in [-0.39, 0.29) is 94.5 Å². The van der Waals surface area contributed by atoms with Crippen molar-refractivity contribution in [2.24, 2.45) is 0 Å². The second kappa shape index (κ2) is 31.4. The van der Waals surface area contributed by atoms with E-state index in [1.165, 1.54) is 18.4 Å². The Balaban J connectivity index is 0.00000217. The minimum Gasteiger partial charge on any atom is -0.410 e. The molecule has 4 atom stereocenters. The number of sulfonamides is 2. The van der Waals surface area contributed by atoms with Gasteiger partial charge >= 0.3 is 12.2 Å². The van der Waals surface area contributed by atoms with E-state index in [1.54, 1.807) is 58.3 Å². The number of rotatable bonds is 14. The minimum absolute atomic E-state index is 0.223. The van der Waals surface area contributed by atoms with Crippen molar-refractivity contribution in [3.63, 3.8) is 0 Å². The topological polar surface area (TPSA) is 233 Å². The summed E-state index contributed by atoms with van der Waals surface area (Å²) in [6.07, 6.45) is 3.93. The Morgan fingerprint density at radius 1 is 0.493 bits per heavy atom. The summed E-state index contributed by atoms with van der Waals surface area (Å²) in [7, 11) is -6.95. The summed E-state index contributed by atoms with van der Waals surface area (Å²) in [5, 5.41) is 5.82. The first-order chi connectivity index (χ1) is 34.7. The molecule has 0 radical (unpaired) electrons. The Morgan fingerprint density at radius 3 is 1.07 bits per heavy atom. The van der Waals surface area contributed by atoms with Crippen LogP contribution >= 0.6 is 0 Å². The molecule has 4 saturated heterocycles. The maximum absolute atomic E-state index is 13.1. The molecule has 0 aromatic heterocycles. The molecule has 0 bridgehead atoms. The zero-order valence-corrected chi connectivity index (χ0v) is 47.0. The van der Waals surface area contributed by atoms with Gasteiger partial charge in [-0.15, -0.1) is 0 Å². The van der Waals surface area contributed by atoms with Crippen LogP contribution < -0.4 is 20.1 Å². The molecule has 6 rings (SSSR count). The van der Waals surface area contributed by atoms with Crippen LogP contribution in [0.25, 0.3) is 0 Å². The maximum Gasteiger partial charge on any atom is 0.415 e. The van der Waals surface area contributed by atoms with Gasteiger partial charge in [-0.25, -0.2) is 26.4 Å². The highest BCUT2D eigenvalue weighted by atomic mass is 32.2. The van der Waals surface area contributed by atoms with E-state index in [0.717, 1.165) is 23.6 Å². The lowest BCUT2D eigenvalue weighted by Crippen LogP contribution is -2.54. The fourth-order valence-corrected chi connectivity index (χ4v) is 10.9. The first kappa shape index (κ1) is 63.8. The lowest BCUT2D eigenvalue weighted by Gasteiger charge is -2.36. The third-order valence-electron chi connectivity index (χ3n) is 12.1. The van der Waals surface area contributed by atoms with Crippen molar-refractivity contribution in [1.29, 1.82) is 0 Å². The third kappa shape index (κ3) is 19.8. The van der Waals surface area contributed by atoms with Gasteiger partial charge in [0.2, 0.25) is 43.7 Å². The highest BCUT2D eigenvalue weighted by molar-refractivity contribution is 7.88. The molecular formula is C51H84N8O12S2. The van der Waals surface area contributed by atoms with E-state index in [2.05, 4.69) is 10.6 Å². The molecule has 4 unspecified atom stereocenters. The fourth-order valence-electron chi connectivity index (χ4n) is 8.63. The summed E-state index contributed by atoms with van der Waals surface area (Å²) in [5.41, 5.74) is 1.77. The average molecular weight is 1070 g/mol. The first-order valence-electron chi connectivity index (χ1n) is 26.0. The number of piperazine rings is 2. The Bertz CT molecular complexity index is 2130. The van der Waals surface area contributed by atoms with Gasteiger partial charge in [-0.1, -0.05) is 79.7 Å². The largest absolute Gasteiger partial charge is 0.415 e. The van der Waals surface area contributed by atoms with Crippen LogP contribution in [0.3, 0.4) is 0 Å². The van der Waals surface area contributed by atoms with Crippen molar-refractivity contribution < 1.29 is 55.1 Å². The van der Waals surface area contributed by atoms with E-state index < -0.39 is 44.3 Å². The van der Waals surface area contributed by atoms with Crippen molar-refractivity contribution in [3.05, 3.63) is 59.7 Å². The molecule has 4 aliphatic rings. The quantitative estimate of drug-likeness (QED) is 0.235. The minimum atomic E-state index is -3.48. The monoisotopic (exact) mass is 1060 g/mol. The Kier molecular flexibility index (Phi) is 27.5. The van der Waals surface area contributed by atoms with Gasteiger partial charge < -0.3 is 39.7 Å². The van der Waals surface area contributed by atoms with Crippen LogP contribution in [0, 0.1) is 0 Å². The van der Waals surface area contributed by atoms with Crippen LogP contribution in [0.1, 0.15) is 112 Å². The number of nitrogens with one attached hydrogen (secondary N) is 2. The second-order valence-corrected chi connectivity index (χ2v) is 21.1. The summed E-state index contributed by atoms with van der Waals surface area (Å²) < 4.78 is 61.8. The number of hydrogen-bond donors (Lipinski definition) is 2. The van der Waals surface area contributed by atoms with E-state index in [1.807, 2.05) is 69.2 Å². The summed E-state index contributed by atoms with van der Waals surface area (Å²) in [6, 6.07) is 11.8. The molecule has 2 aromatic carbocycles. The zero-order chi connectivity index (χ0) is 55.1. The molecule has 2 N–H and O–H groups in total. The zero-order valence-electron chi connectivity index (χ0n) is 45.3. The lowest BCUT2D eigenvalue weighted by molar-refractivity contribution is -0.142. The fraction of sp³-hybridized carbons (Fsp3) is 0.647. The Morgan fingerprint density at radius 2 is 0.781 bits per heavy atom. The highest BCUT2D eigenvalue weighted by Gasteiger charge is 2.38. The van der Waals surface area contributed by atoms with E-state index in [4.69, 9.17) is 9.47 Å². The second-order valence-electron chi connectivity index (χ2n) is 17.2. The average Bonchev–Trinajstić information content (AvgIpc) is 4.11. The van der Waals surface area contributed by atoms with E-state index in [9.17, 15) is 45.6 Å². The van der Waals surface area contributed by atoms with Crippen LogP contribution in [0.4, 0.5) is 9.59 Å². The molecule has 0 aliphatic carbocycles. The van der Waals surface area contributed by atoms with Gasteiger partial charge in [-0.3, -0.25) is 19.2 Å². The van der Waals surface area contributed by atoms with Gasteiger partial charge in [0.15, 0.2) is 0 Å². The third-order valence-corrected chi connectivity index (χ3v) is 14.6. The van der Waals surface area contributed by atoms with Crippen molar-refractivity contribution >= 4 is 55.9 Å². The van der Waals surface area contributed by atoms with Gasteiger partial charge in [0.1, 0.15) is 30.0 Å². The van der Waals surface area contributed by atoms with Gasteiger partial charge in [0.05, 0.1) is 12.5 Å². The molecule has 6 amide bonds. The molecule has 73 heavy (non-hydrogen) atoms. The van der Waals surface area contributed by atoms with Gasteiger partial charge in [0.25, 0.3) is 0 Å². The predicted octanol–water partition coefficient (Wildman–Crippen LogP) is 5.11. The van der Waals surface area contributed by atoms with E-state index >= 15 is 0 Å². The van der Waals surface area contributed by atoms with Gasteiger partial charge in [-0.05, 0) is 87.8 Å². The standard InChI is InChI=1S/C43H60N8O12S2.4C2H6/c1-30(44-40(54)36-7-5-17-50(36)64(3,58)59)27-32-9-13-34(14-10-32)62-42(56)48-23-19-46(20-24-48)38(52)29-39(53)47-21-25-49(26-22-47)43(57)63-35-15-11-33(12-16-35)28-31(2)45-41(55)37-8-6-18-51(37)65(4,60)61;4*1-2/h9-16,30-31,36-37H,5-8,17-29H2,1-4H3,(H,44,54)(H,45,55);4*1-2H3. The SMILES string of the molecule is CC.CC.CC.CC.CC(Cc1ccc(OC(=O)N2CCN(C(=O)CC(=O)N3CCN(C(=O)Oc4ccc(CC(C)NC(=O)C5CCCN5S(C)(=O)=O)cc4)CC3)CC2)cc1)NC(=O)C1CCCN1S(C)(=O)=O. The van der Waals surface area contributed by atoms with Crippen LogP contribution in [0.15, 0.2) is 48.5 Å².